The zero-order chi connectivity index (χ0) is 12.6. The van der Waals surface area contributed by atoms with Gasteiger partial charge >= 0.3 is 0 Å². The number of carbonyl (C=O) groups excluding carboxylic acids is 1. The molecule has 0 saturated carbocycles. The molecule has 4 N–H and O–H groups in total. The minimum Gasteiger partial charge on any atom is -0.355 e. The van der Waals surface area contributed by atoms with Crippen molar-refractivity contribution in [2.75, 3.05) is 19.3 Å². The van der Waals surface area contributed by atoms with E-state index in [-0.39, 0.29) is 18.5 Å². The number of sulfonamides is 1. The number of nitrogens with one attached hydrogen (secondary N) is 2. The molecule has 16 heavy (non-hydrogen) atoms. The van der Waals surface area contributed by atoms with Crippen LogP contribution in [0.5, 0.6) is 0 Å². The van der Waals surface area contributed by atoms with Crippen LogP contribution in [0.3, 0.4) is 0 Å². The summed E-state index contributed by atoms with van der Waals surface area (Å²) in [6.45, 7) is 2.43. The van der Waals surface area contributed by atoms with E-state index in [1.807, 2.05) is 6.92 Å². The first-order valence-electron chi connectivity index (χ1n) is 5.28. The van der Waals surface area contributed by atoms with Crippen molar-refractivity contribution in [3.8, 4) is 0 Å². The van der Waals surface area contributed by atoms with Crippen molar-refractivity contribution in [1.82, 2.24) is 10.0 Å². The molecule has 7 heteroatoms. The van der Waals surface area contributed by atoms with Crippen LogP contribution in [0.4, 0.5) is 0 Å². The van der Waals surface area contributed by atoms with E-state index in [4.69, 9.17) is 5.73 Å². The molecule has 0 aromatic rings. The van der Waals surface area contributed by atoms with Crippen molar-refractivity contribution < 1.29 is 13.2 Å². The fourth-order valence-electron chi connectivity index (χ4n) is 1.11. The SMILES string of the molecule is CC(N)CCCC(=O)NCCNS(C)(=O)=O. The maximum atomic E-state index is 11.2. The Hall–Kier alpha value is -0.660. The second-order valence-electron chi connectivity index (χ2n) is 3.89. The predicted octanol–water partition coefficient (Wildman–Crippen LogP) is -0.831. The fraction of sp³-hybridized carbons (Fsp3) is 0.889. The molecule has 0 saturated heterocycles. The van der Waals surface area contributed by atoms with Gasteiger partial charge in [0.2, 0.25) is 15.9 Å². The first kappa shape index (κ1) is 15.3. The van der Waals surface area contributed by atoms with Crippen LogP contribution in [0.2, 0.25) is 0 Å². The Morgan fingerprint density at radius 3 is 2.50 bits per heavy atom. The van der Waals surface area contributed by atoms with Gasteiger partial charge in [0.05, 0.1) is 6.26 Å². The summed E-state index contributed by atoms with van der Waals surface area (Å²) in [7, 11) is -3.17. The third-order valence-electron chi connectivity index (χ3n) is 1.87. The van der Waals surface area contributed by atoms with Crippen molar-refractivity contribution in [3.63, 3.8) is 0 Å². The van der Waals surface area contributed by atoms with Crippen LogP contribution in [-0.2, 0) is 14.8 Å². The largest absolute Gasteiger partial charge is 0.355 e. The summed E-state index contributed by atoms with van der Waals surface area (Å²) in [6.07, 6.45) is 3.08. The molecule has 0 aliphatic heterocycles. The van der Waals surface area contributed by atoms with Crippen LogP contribution in [0.1, 0.15) is 26.2 Å². The second kappa shape index (κ2) is 7.59. The standard InChI is InChI=1S/C9H21N3O3S/c1-8(10)4-3-5-9(13)11-6-7-12-16(2,14)15/h8,12H,3-7,10H2,1-2H3,(H,11,13). The summed E-state index contributed by atoms with van der Waals surface area (Å²) < 4.78 is 23.7. The lowest BCUT2D eigenvalue weighted by molar-refractivity contribution is -0.121. The monoisotopic (exact) mass is 251 g/mol. The van der Waals surface area contributed by atoms with Crippen LogP contribution in [0.25, 0.3) is 0 Å². The molecule has 0 aliphatic rings. The van der Waals surface area contributed by atoms with Crippen LogP contribution in [0, 0.1) is 0 Å². The number of rotatable bonds is 8. The molecule has 0 aliphatic carbocycles. The molecule has 0 aromatic carbocycles. The molecule has 0 radical (unpaired) electrons. The predicted molar refractivity (Wildman–Crippen MR) is 63.4 cm³/mol. The molecule has 1 amide bonds. The van der Waals surface area contributed by atoms with Gasteiger partial charge in [-0.05, 0) is 19.8 Å². The van der Waals surface area contributed by atoms with Crippen molar-refractivity contribution >= 4 is 15.9 Å². The van der Waals surface area contributed by atoms with Gasteiger partial charge in [0.15, 0.2) is 0 Å². The van der Waals surface area contributed by atoms with E-state index in [1.165, 1.54) is 0 Å². The van der Waals surface area contributed by atoms with Crippen LogP contribution in [0.15, 0.2) is 0 Å². The minimum absolute atomic E-state index is 0.0732. The smallest absolute Gasteiger partial charge is 0.220 e. The summed E-state index contributed by atoms with van der Waals surface area (Å²) in [4.78, 5) is 11.2. The van der Waals surface area contributed by atoms with Gasteiger partial charge in [0, 0.05) is 25.6 Å². The lowest BCUT2D eigenvalue weighted by Gasteiger charge is -2.06. The molecule has 0 rings (SSSR count). The molecule has 96 valence electrons. The van der Waals surface area contributed by atoms with Crippen molar-refractivity contribution in [1.29, 1.82) is 0 Å². The number of hydrogen-bond donors (Lipinski definition) is 3. The van der Waals surface area contributed by atoms with Gasteiger partial charge in [0.25, 0.3) is 0 Å². The quantitative estimate of drug-likeness (QED) is 0.490. The first-order chi connectivity index (χ1) is 7.31. The van der Waals surface area contributed by atoms with E-state index in [1.54, 1.807) is 0 Å². The average Bonchev–Trinajstić information content (AvgIpc) is 2.10. The molecule has 1 unspecified atom stereocenters. The molecular weight excluding hydrogens is 230 g/mol. The van der Waals surface area contributed by atoms with Gasteiger partial charge in [-0.25, -0.2) is 13.1 Å². The van der Waals surface area contributed by atoms with Gasteiger partial charge in [0.1, 0.15) is 0 Å². The number of hydrogen-bond acceptors (Lipinski definition) is 4. The molecule has 1 atom stereocenters. The zero-order valence-electron chi connectivity index (χ0n) is 9.82. The second-order valence-corrected chi connectivity index (χ2v) is 5.72. The Morgan fingerprint density at radius 1 is 1.38 bits per heavy atom. The van der Waals surface area contributed by atoms with E-state index in [0.717, 1.165) is 19.1 Å². The Balaban J connectivity index is 3.45. The minimum atomic E-state index is -3.17. The molecule has 0 fully saturated rings. The molecule has 0 spiro atoms. The Bertz CT molecular complexity index is 301. The van der Waals surface area contributed by atoms with Crippen LogP contribution < -0.4 is 15.8 Å². The number of nitrogens with two attached hydrogens (primary N) is 1. The van der Waals surface area contributed by atoms with Crippen molar-refractivity contribution in [3.05, 3.63) is 0 Å². The van der Waals surface area contributed by atoms with Gasteiger partial charge in [-0.15, -0.1) is 0 Å². The molecule has 0 bridgehead atoms. The van der Waals surface area contributed by atoms with Gasteiger partial charge in [-0.3, -0.25) is 4.79 Å². The number of carbonyl (C=O) groups is 1. The van der Waals surface area contributed by atoms with Gasteiger partial charge in [-0.1, -0.05) is 0 Å². The zero-order valence-corrected chi connectivity index (χ0v) is 10.6. The highest BCUT2D eigenvalue weighted by Crippen LogP contribution is 1.97. The normalized spacial score (nSPS) is 13.4. The first-order valence-corrected chi connectivity index (χ1v) is 7.17. The van der Waals surface area contributed by atoms with Gasteiger partial charge in [-0.2, -0.15) is 0 Å². The topological polar surface area (TPSA) is 101 Å². The van der Waals surface area contributed by atoms with Crippen LogP contribution >= 0.6 is 0 Å². The highest BCUT2D eigenvalue weighted by atomic mass is 32.2. The summed E-state index contributed by atoms with van der Waals surface area (Å²) >= 11 is 0. The lowest BCUT2D eigenvalue weighted by atomic mass is 10.1. The summed E-state index contributed by atoms with van der Waals surface area (Å²) in [5, 5.41) is 2.62. The van der Waals surface area contributed by atoms with E-state index in [2.05, 4.69) is 10.0 Å². The average molecular weight is 251 g/mol. The van der Waals surface area contributed by atoms with E-state index in [9.17, 15) is 13.2 Å². The van der Waals surface area contributed by atoms with E-state index in [0.29, 0.717) is 13.0 Å². The maximum absolute atomic E-state index is 11.2. The van der Waals surface area contributed by atoms with Crippen molar-refractivity contribution in [2.24, 2.45) is 5.73 Å². The highest BCUT2D eigenvalue weighted by Gasteiger charge is 2.03. The molecule has 0 aromatic heterocycles. The Morgan fingerprint density at radius 2 is 2.00 bits per heavy atom. The van der Waals surface area contributed by atoms with Crippen LogP contribution in [-0.4, -0.2) is 39.7 Å². The lowest BCUT2D eigenvalue weighted by Crippen LogP contribution is -2.34. The number of amides is 1. The summed E-state index contributed by atoms with van der Waals surface area (Å²) in [5.41, 5.74) is 5.54. The maximum Gasteiger partial charge on any atom is 0.220 e. The molecule has 6 nitrogen and oxygen atoms in total. The third-order valence-corrected chi connectivity index (χ3v) is 2.60. The third kappa shape index (κ3) is 11.4. The van der Waals surface area contributed by atoms with E-state index < -0.39 is 10.0 Å². The summed E-state index contributed by atoms with van der Waals surface area (Å²) in [6, 6.07) is 0.111. The Labute approximate surface area is 97.0 Å². The highest BCUT2D eigenvalue weighted by molar-refractivity contribution is 7.88. The van der Waals surface area contributed by atoms with Gasteiger partial charge < -0.3 is 11.1 Å². The summed E-state index contributed by atoms with van der Waals surface area (Å²) in [5.74, 6) is -0.0732. The van der Waals surface area contributed by atoms with Crippen molar-refractivity contribution in [2.45, 2.75) is 32.2 Å². The molecular formula is C9H21N3O3S. The fourth-order valence-corrected chi connectivity index (χ4v) is 1.58. The Kier molecular flexibility index (Phi) is 7.27. The molecule has 0 heterocycles. The van der Waals surface area contributed by atoms with E-state index >= 15 is 0 Å².